The summed E-state index contributed by atoms with van der Waals surface area (Å²) in [7, 11) is 3.01. The minimum atomic E-state index is -5.00. The molecule has 2 aromatic heterocycles. The first kappa shape index (κ1) is 48.3. The van der Waals surface area contributed by atoms with Gasteiger partial charge in [0.25, 0.3) is 11.8 Å². The van der Waals surface area contributed by atoms with Gasteiger partial charge in [-0.15, -0.1) is 13.2 Å². The molecule has 0 saturated carbocycles. The number of ether oxygens (including phenoxy) is 4. The Balaban J connectivity index is 0.729. The average Bonchev–Trinajstić information content (AvgIpc) is 3.66. The van der Waals surface area contributed by atoms with Crippen LogP contribution in [0.15, 0.2) is 77.9 Å². The first-order chi connectivity index (χ1) is 34.9. The molecule has 0 aliphatic carbocycles. The predicted molar refractivity (Wildman–Crippen MR) is 254 cm³/mol. The van der Waals surface area contributed by atoms with Crippen LogP contribution < -0.4 is 39.9 Å². The highest BCUT2D eigenvalue weighted by atomic mass is 19.4. The van der Waals surface area contributed by atoms with Gasteiger partial charge in [-0.05, 0) is 73.5 Å². The van der Waals surface area contributed by atoms with Gasteiger partial charge < -0.3 is 43.5 Å². The number of fused-ring (bicyclic) bond motifs is 3. The largest absolute Gasteiger partial charge is 0.573 e. The first-order valence-electron chi connectivity index (χ1n) is 23.4. The maximum atomic E-state index is 15.6. The van der Waals surface area contributed by atoms with Crippen molar-refractivity contribution in [3.05, 3.63) is 111 Å². The normalized spacial score (nSPS) is 17.4. The topological polar surface area (TPSA) is 204 Å². The summed E-state index contributed by atoms with van der Waals surface area (Å²) in [6.07, 6.45) is -1.97. The number of carbonyl (C=O) groups is 5. The van der Waals surface area contributed by atoms with E-state index in [4.69, 9.17) is 14.2 Å². The fourth-order valence-electron chi connectivity index (χ4n) is 9.88. The number of aryl methyl sites for hydroxylation is 1. The Bertz CT molecular complexity index is 3340. The smallest absolute Gasteiger partial charge is 0.493 e. The van der Waals surface area contributed by atoms with Gasteiger partial charge in [-0.1, -0.05) is 0 Å². The van der Waals surface area contributed by atoms with Crippen molar-refractivity contribution in [2.45, 2.75) is 64.1 Å². The van der Waals surface area contributed by atoms with E-state index in [0.29, 0.717) is 86.4 Å². The number of likely N-dealkylation sites (tertiary alicyclic amines) is 1. The predicted octanol–water partition coefficient (Wildman–Crippen LogP) is 6.54. The number of alkyl halides is 3. The average molecular weight is 1010 g/mol. The number of nitrogens with zero attached hydrogens (tertiary/aromatic N) is 6. The lowest BCUT2D eigenvalue weighted by molar-refractivity contribution is -0.274. The van der Waals surface area contributed by atoms with E-state index >= 15 is 4.39 Å². The molecule has 3 fully saturated rings. The maximum Gasteiger partial charge on any atom is 0.573 e. The lowest BCUT2D eigenvalue weighted by Gasteiger charge is -2.42. The van der Waals surface area contributed by atoms with Crippen molar-refractivity contribution >= 4 is 62.7 Å². The number of methoxy groups -OCH3 is 1. The highest BCUT2D eigenvalue weighted by Crippen LogP contribution is 2.39. The van der Waals surface area contributed by atoms with Crippen molar-refractivity contribution in [3.8, 4) is 28.9 Å². The number of nitrogens with one attached hydrogen (secondary N) is 2. The third kappa shape index (κ3) is 9.63. The number of benzene rings is 4. The SMILES string of the molecule is COc1cc2c(Oc3ccc(NC(=O)c4c(C)n(C)c5ccc(OC(F)(F)F)cc5c4=O)cc3F)ncnc2cc1OC1CCN(C(=O)CC2CN(c3ccc4c(c3)CN(C3CCC(=O)NC3=O)C4=O)C2)CC1. The molecule has 378 valence electrons. The summed E-state index contributed by atoms with van der Waals surface area (Å²) in [5, 5.41) is 4.99. The Kier molecular flexibility index (Phi) is 12.6. The number of pyridine rings is 1. The number of anilines is 2. The van der Waals surface area contributed by atoms with E-state index in [0.717, 1.165) is 29.4 Å². The molecule has 1 atom stereocenters. The second kappa shape index (κ2) is 19.0. The van der Waals surface area contributed by atoms with Crippen molar-refractivity contribution in [2.24, 2.45) is 13.0 Å². The van der Waals surface area contributed by atoms with E-state index in [-0.39, 0.29) is 75.6 Å². The molecular weight excluding hydrogens is 961 g/mol. The van der Waals surface area contributed by atoms with Crippen LogP contribution in [-0.4, -0.2) is 106 Å². The van der Waals surface area contributed by atoms with Crippen LogP contribution in [0.1, 0.15) is 64.1 Å². The van der Waals surface area contributed by atoms with Gasteiger partial charge in [-0.3, -0.25) is 34.1 Å². The van der Waals surface area contributed by atoms with Crippen LogP contribution in [0.5, 0.6) is 28.9 Å². The lowest BCUT2D eigenvalue weighted by Crippen LogP contribution is -2.52. The molecule has 0 radical (unpaired) electrons. The van der Waals surface area contributed by atoms with Crippen LogP contribution in [0.3, 0.4) is 0 Å². The third-order valence-electron chi connectivity index (χ3n) is 13.8. The molecule has 22 heteroatoms. The van der Waals surface area contributed by atoms with E-state index in [1.165, 1.54) is 48.0 Å². The van der Waals surface area contributed by atoms with Crippen LogP contribution in [0.4, 0.5) is 28.9 Å². The fraction of sp³-hybridized carbons (Fsp3) is 0.333. The van der Waals surface area contributed by atoms with Crippen LogP contribution >= 0.6 is 0 Å². The lowest BCUT2D eigenvalue weighted by atomic mass is 9.93. The number of amides is 5. The minimum Gasteiger partial charge on any atom is -0.493 e. The molecule has 4 aliphatic rings. The first-order valence-corrected chi connectivity index (χ1v) is 23.4. The molecule has 4 aromatic carbocycles. The Morgan fingerprint density at radius 1 is 0.890 bits per heavy atom. The molecule has 6 aromatic rings. The molecule has 6 heterocycles. The Morgan fingerprint density at radius 2 is 1.67 bits per heavy atom. The van der Waals surface area contributed by atoms with Crippen molar-refractivity contribution in [1.82, 2.24) is 29.7 Å². The van der Waals surface area contributed by atoms with Gasteiger partial charge in [0, 0.05) is 106 Å². The van der Waals surface area contributed by atoms with Crippen molar-refractivity contribution in [2.75, 3.05) is 43.5 Å². The zero-order valence-electron chi connectivity index (χ0n) is 39.5. The van der Waals surface area contributed by atoms with Crippen LogP contribution in [0.2, 0.25) is 0 Å². The van der Waals surface area contributed by atoms with Crippen molar-refractivity contribution in [3.63, 3.8) is 0 Å². The number of halogens is 4. The quantitative estimate of drug-likeness (QED) is 0.0990. The molecule has 0 spiro atoms. The van der Waals surface area contributed by atoms with Crippen LogP contribution in [0, 0.1) is 18.7 Å². The minimum absolute atomic E-state index is 0.0155. The summed E-state index contributed by atoms with van der Waals surface area (Å²) in [6.45, 7) is 4.16. The summed E-state index contributed by atoms with van der Waals surface area (Å²) < 4.78 is 77.8. The highest BCUT2D eigenvalue weighted by Gasteiger charge is 2.40. The summed E-state index contributed by atoms with van der Waals surface area (Å²) in [5.41, 5.74) is 1.96. The Labute approximate surface area is 412 Å². The monoisotopic (exact) mass is 1010 g/mol. The number of piperidine rings is 2. The van der Waals surface area contributed by atoms with Gasteiger partial charge >= 0.3 is 6.36 Å². The van der Waals surface area contributed by atoms with Gasteiger partial charge in [-0.25, -0.2) is 14.4 Å². The highest BCUT2D eigenvalue weighted by molar-refractivity contribution is 6.07. The molecule has 5 amide bonds. The molecule has 1 unspecified atom stereocenters. The van der Waals surface area contributed by atoms with Crippen molar-refractivity contribution < 1.29 is 60.5 Å². The number of rotatable bonds is 12. The third-order valence-corrected chi connectivity index (χ3v) is 13.8. The van der Waals surface area contributed by atoms with Crippen LogP contribution in [-0.2, 0) is 28.0 Å². The van der Waals surface area contributed by atoms with Gasteiger partial charge in [0.15, 0.2) is 23.1 Å². The standard InChI is InChI=1S/C51H46F4N8O10/c1-26-45(46(66)35-19-32(73-51(53,54)55)6-8-38(35)60(26)2)48(68)58-29-4-10-40(36(52)18-29)72-49-34-20-41(70-3)42(21-37(34)56-25-57-49)71-31-12-14-61(15-13-31)44(65)16-27-22-62(23-27)30-5-7-33-28(17-30)24-63(50(33)69)39-9-11-43(64)59-47(39)67/h4-8,10,17-21,25,27,31,39H,9,11-16,22-24H2,1-3H3,(H,58,68)(H,59,64,67). The number of hydrogen-bond donors (Lipinski definition) is 2. The molecule has 18 nitrogen and oxygen atoms in total. The van der Waals surface area contributed by atoms with E-state index < -0.39 is 41.2 Å². The molecule has 10 rings (SSSR count). The number of carbonyl (C=O) groups excluding carboxylic acids is 5. The van der Waals surface area contributed by atoms with Crippen molar-refractivity contribution in [1.29, 1.82) is 0 Å². The summed E-state index contributed by atoms with van der Waals surface area (Å²) in [6, 6.07) is 15.0. The second-order valence-corrected chi connectivity index (χ2v) is 18.4. The molecule has 3 saturated heterocycles. The van der Waals surface area contributed by atoms with E-state index in [1.807, 2.05) is 17.0 Å². The summed E-state index contributed by atoms with van der Waals surface area (Å²) >= 11 is 0. The summed E-state index contributed by atoms with van der Waals surface area (Å²) in [4.78, 5) is 91.7. The van der Waals surface area contributed by atoms with Gasteiger partial charge in [0.1, 0.15) is 29.8 Å². The molecule has 4 aliphatic heterocycles. The Hall–Kier alpha value is -8.30. The Morgan fingerprint density at radius 3 is 2.40 bits per heavy atom. The van der Waals surface area contributed by atoms with Crippen LogP contribution in [0.25, 0.3) is 21.8 Å². The summed E-state index contributed by atoms with van der Waals surface area (Å²) in [5.74, 6) is -2.77. The van der Waals surface area contributed by atoms with Gasteiger partial charge in [0.2, 0.25) is 29.0 Å². The maximum absolute atomic E-state index is 15.6. The van der Waals surface area contributed by atoms with E-state index in [2.05, 4.69) is 30.2 Å². The molecule has 2 N–H and O–H groups in total. The fourth-order valence-corrected chi connectivity index (χ4v) is 9.88. The molecule has 0 bridgehead atoms. The number of aromatic nitrogens is 3. The van der Waals surface area contributed by atoms with E-state index in [1.54, 1.807) is 25.2 Å². The van der Waals surface area contributed by atoms with E-state index in [9.17, 15) is 41.9 Å². The zero-order chi connectivity index (χ0) is 51.5. The number of hydrogen-bond acceptors (Lipinski definition) is 13. The van der Waals surface area contributed by atoms with Gasteiger partial charge in [0.05, 0.1) is 28.9 Å². The second-order valence-electron chi connectivity index (χ2n) is 18.4. The molecule has 73 heavy (non-hydrogen) atoms. The number of imide groups is 1. The van der Waals surface area contributed by atoms with Gasteiger partial charge in [-0.2, -0.15) is 0 Å². The zero-order valence-corrected chi connectivity index (χ0v) is 39.5. The molecular formula is C51H46F4N8O10.